The van der Waals surface area contributed by atoms with E-state index >= 15 is 0 Å². The van der Waals surface area contributed by atoms with Crippen molar-refractivity contribution in [3.05, 3.63) is 42.0 Å². The van der Waals surface area contributed by atoms with Gasteiger partial charge in [0, 0.05) is 18.7 Å². The van der Waals surface area contributed by atoms with Crippen molar-refractivity contribution < 1.29 is 14.4 Å². The average molecular weight is 338 g/mol. The minimum Gasteiger partial charge on any atom is -0.339 e. The molecule has 130 valence electrons. The first-order chi connectivity index (χ1) is 12.1. The maximum Gasteiger partial charge on any atom is 0.253 e. The van der Waals surface area contributed by atoms with Crippen LogP contribution >= 0.6 is 0 Å². The van der Waals surface area contributed by atoms with E-state index in [-0.39, 0.29) is 41.4 Å². The molecule has 1 aliphatic heterocycles. The number of rotatable bonds is 4. The largest absolute Gasteiger partial charge is 0.339 e. The van der Waals surface area contributed by atoms with Crippen LogP contribution in [0.4, 0.5) is 5.69 Å². The lowest BCUT2D eigenvalue weighted by Gasteiger charge is -2.20. The standard InChI is InChI=1S/C20H22N2O3/c1-3-21(4-2)18(23)12-7-9-15(10-8-12)22-19(24)16-13-5-6-14(11-13)17(16)20(22)25/h5-10,13-14,16-17H,3-4,11H2,1-2H3/t13-,14+,16+,17-. The molecule has 1 aromatic carbocycles. The Hall–Kier alpha value is -2.43. The molecule has 5 nitrogen and oxygen atoms in total. The van der Waals surface area contributed by atoms with Crippen LogP contribution in [0.25, 0.3) is 0 Å². The summed E-state index contributed by atoms with van der Waals surface area (Å²) in [6.07, 6.45) is 5.11. The van der Waals surface area contributed by atoms with Crippen molar-refractivity contribution in [3.63, 3.8) is 0 Å². The van der Waals surface area contributed by atoms with Gasteiger partial charge < -0.3 is 4.90 Å². The van der Waals surface area contributed by atoms with Gasteiger partial charge >= 0.3 is 0 Å². The molecule has 0 aromatic heterocycles. The van der Waals surface area contributed by atoms with Crippen LogP contribution in [-0.2, 0) is 9.59 Å². The molecule has 0 N–H and O–H groups in total. The van der Waals surface area contributed by atoms with Crippen molar-refractivity contribution in [3.8, 4) is 0 Å². The molecule has 25 heavy (non-hydrogen) atoms. The van der Waals surface area contributed by atoms with Gasteiger partial charge in [-0.15, -0.1) is 0 Å². The smallest absolute Gasteiger partial charge is 0.253 e. The highest BCUT2D eigenvalue weighted by Gasteiger charge is 2.59. The average Bonchev–Trinajstić information content (AvgIpc) is 3.30. The van der Waals surface area contributed by atoms with E-state index in [0.29, 0.717) is 24.3 Å². The lowest BCUT2D eigenvalue weighted by atomic mass is 9.85. The number of nitrogens with zero attached hydrogens (tertiary/aromatic N) is 2. The lowest BCUT2D eigenvalue weighted by molar-refractivity contribution is -0.123. The second kappa shape index (κ2) is 5.83. The summed E-state index contributed by atoms with van der Waals surface area (Å²) in [4.78, 5) is 41.1. The Morgan fingerprint density at radius 2 is 1.52 bits per heavy atom. The first kappa shape index (κ1) is 16.1. The molecule has 1 aromatic rings. The summed E-state index contributed by atoms with van der Waals surface area (Å²) in [5.41, 5.74) is 1.15. The number of fused-ring (bicyclic) bond motifs is 5. The topological polar surface area (TPSA) is 57.7 Å². The van der Waals surface area contributed by atoms with E-state index in [9.17, 15) is 14.4 Å². The normalized spacial score (nSPS) is 29.4. The third-order valence-electron chi connectivity index (χ3n) is 5.89. The molecule has 4 rings (SSSR count). The van der Waals surface area contributed by atoms with E-state index in [4.69, 9.17) is 0 Å². The minimum absolute atomic E-state index is 0.0326. The monoisotopic (exact) mass is 338 g/mol. The second-order valence-electron chi connectivity index (χ2n) is 7.04. The maximum absolute atomic E-state index is 12.8. The molecular formula is C20H22N2O3. The van der Waals surface area contributed by atoms with Crippen molar-refractivity contribution in [2.45, 2.75) is 20.3 Å². The zero-order chi connectivity index (χ0) is 17.7. The van der Waals surface area contributed by atoms with Gasteiger partial charge in [-0.1, -0.05) is 12.2 Å². The Kier molecular flexibility index (Phi) is 3.74. The zero-order valence-corrected chi connectivity index (χ0v) is 14.5. The van der Waals surface area contributed by atoms with Crippen LogP contribution in [0.2, 0.25) is 0 Å². The van der Waals surface area contributed by atoms with Crippen LogP contribution in [0, 0.1) is 23.7 Å². The summed E-state index contributed by atoms with van der Waals surface area (Å²) in [5, 5.41) is 0. The molecule has 1 saturated heterocycles. The molecule has 3 amide bonds. The number of allylic oxidation sites excluding steroid dienone is 2. The van der Waals surface area contributed by atoms with Crippen molar-refractivity contribution in [1.29, 1.82) is 0 Å². The van der Waals surface area contributed by atoms with E-state index in [1.807, 2.05) is 13.8 Å². The Morgan fingerprint density at radius 3 is 2.00 bits per heavy atom. The molecule has 2 aliphatic carbocycles. The molecule has 2 bridgehead atoms. The Bertz CT molecular complexity index is 734. The number of benzene rings is 1. The number of imide groups is 1. The fraction of sp³-hybridized carbons (Fsp3) is 0.450. The summed E-state index contributed by atoms with van der Waals surface area (Å²) in [6.45, 7) is 5.19. The van der Waals surface area contributed by atoms with Crippen molar-refractivity contribution in [2.75, 3.05) is 18.0 Å². The van der Waals surface area contributed by atoms with Crippen LogP contribution in [-0.4, -0.2) is 35.7 Å². The van der Waals surface area contributed by atoms with Crippen LogP contribution in [0.15, 0.2) is 36.4 Å². The zero-order valence-electron chi connectivity index (χ0n) is 14.5. The van der Waals surface area contributed by atoms with Gasteiger partial charge in [-0.3, -0.25) is 19.3 Å². The number of hydrogen-bond acceptors (Lipinski definition) is 3. The van der Waals surface area contributed by atoms with E-state index in [1.54, 1.807) is 29.2 Å². The number of amides is 3. The predicted octanol–water partition coefficient (Wildman–Crippen LogP) is 2.48. The molecule has 3 aliphatic rings. The van der Waals surface area contributed by atoms with Gasteiger partial charge in [0.1, 0.15) is 0 Å². The van der Waals surface area contributed by atoms with Gasteiger partial charge in [0.2, 0.25) is 11.8 Å². The summed E-state index contributed by atoms with van der Waals surface area (Å²) >= 11 is 0. The molecule has 2 fully saturated rings. The van der Waals surface area contributed by atoms with Gasteiger partial charge in [-0.2, -0.15) is 0 Å². The summed E-state index contributed by atoms with van der Waals surface area (Å²) in [7, 11) is 0. The quantitative estimate of drug-likeness (QED) is 0.626. The van der Waals surface area contributed by atoms with Gasteiger partial charge in [-0.05, 0) is 56.4 Å². The molecule has 4 atom stereocenters. The second-order valence-corrected chi connectivity index (χ2v) is 7.04. The summed E-state index contributed by atoms with van der Waals surface area (Å²) in [6, 6.07) is 6.83. The van der Waals surface area contributed by atoms with Gasteiger partial charge in [-0.25, -0.2) is 0 Å². The van der Waals surface area contributed by atoms with Gasteiger partial charge in [0.25, 0.3) is 5.91 Å². The highest BCUT2D eigenvalue weighted by atomic mass is 16.2. The molecular weight excluding hydrogens is 316 g/mol. The van der Waals surface area contributed by atoms with Crippen LogP contribution < -0.4 is 4.90 Å². The Labute approximate surface area is 147 Å². The first-order valence-electron chi connectivity index (χ1n) is 9.02. The van der Waals surface area contributed by atoms with Crippen LogP contribution in [0.5, 0.6) is 0 Å². The van der Waals surface area contributed by atoms with Crippen LogP contribution in [0.3, 0.4) is 0 Å². The fourth-order valence-corrected chi connectivity index (χ4v) is 4.60. The number of hydrogen-bond donors (Lipinski definition) is 0. The van der Waals surface area contributed by atoms with E-state index in [0.717, 1.165) is 6.42 Å². The number of carbonyl (C=O) groups excluding carboxylic acids is 3. The first-order valence-corrected chi connectivity index (χ1v) is 9.02. The molecule has 1 heterocycles. The van der Waals surface area contributed by atoms with Gasteiger partial charge in [0.15, 0.2) is 0 Å². The molecule has 0 spiro atoms. The van der Waals surface area contributed by atoms with Crippen molar-refractivity contribution >= 4 is 23.4 Å². The molecule has 5 heteroatoms. The number of anilines is 1. The lowest BCUT2D eigenvalue weighted by Crippen LogP contribution is -2.33. The third-order valence-corrected chi connectivity index (χ3v) is 5.89. The predicted molar refractivity (Wildman–Crippen MR) is 93.9 cm³/mol. The highest BCUT2D eigenvalue weighted by molar-refractivity contribution is 6.22. The number of carbonyl (C=O) groups is 3. The minimum atomic E-state index is -0.195. The summed E-state index contributed by atoms with van der Waals surface area (Å²) in [5.74, 6) is -0.182. The Morgan fingerprint density at radius 1 is 1.00 bits per heavy atom. The SMILES string of the molecule is CCN(CC)C(=O)c1ccc(N2C(=O)[C@@H]3[C@H](C2=O)[C@H]2C=C[C@@H]3C2)cc1. The van der Waals surface area contributed by atoms with E-state index < -0.39 is 0 Å². The van der Waals surface area contributed by atoms with Crippen molar-refractivity contribution in [1.82, 2.24) is 4.90 Å². The van der Waals surface area contributed by atoms with Gasteiger partial charge in [0.05, 0.1) is 17.5 Å². The molecule has 0 radical (unpaired) electrons. The van der Waals surface area contributed by atoms with Crippen molar-refractivity contribution in [2.24, 2.45) is 23.7 Å². The third kappa shape index (κ3) is 2.25. The molecule has 1 saturated carbocycles. The summed E-state index contributed by atoms with van der Waals surface area (Å²) < 4.78 is 0. The Balaban J connectivity index is 1.58. The fourth-order valence-electron chi connectivity index (χ4n) is 4.60. The maximum atomic E-state index is 12.8. The van der Waals surface area contributed by atoms with E-state index in [1.165, 1.54) is 4.90 Å². The molecule has 0 unspecified atom stereocenters. The van der Waals surface area contributed by atoms with Crippen LogP contribution in [0.1, 0.15) is 30.6 Å². The highest BCUT2D eigenvalue weighted by Crippen LogP contribution is 2.53. The van der Waals surface area contributed by atoms with E-state index in [2.05, 4.69) is 12.2 Å².